The molecule has 8 nitrogen and oxygen atoms in total. The van der Waals surface area contributed by atoms with Gasteiger partial charge in [-0.2, -0.15) is 0 Å². The number of fused-ring (bicyclic) bond motifs is 1. The summed E-state index contributed by atoms with van der Waals surface area (Å²) in [5.74, 6) is -0.233. The number of benzene rings is 2. The molecule has 30 heavy (non-hydrogen) atoms. The van der Waals surface area contributed by atoms with E-state index in [4.69, 9.17) is 14.2 Å². The van der Waals surface area contributed by atoms with Crippen LogP contribution in [0.2, 0.25) is 0 Å². The maximum Gasteiger partial charge on any atom is 0.351 e. The molecule has 0 unspecified atom stereocenters. The monoisotopic (exact) mass is 412 g/mol. The van der Waals surface area contributed by atoms with Crippen LogP contribution in [0.25, 0.3) is 0 Å². The molecule has 8 heteroatoms. The Bertz CT molecular complexity index is 908. The highest BCUT2D eigenvalue weighted by molar-refractivity contribution is 5.96. The van der Waals surface area contributed by atoms with Crippen molar-refractivity contribution in [3.05, 3.63) is 54.1 Å². The maximum absolute atomic E-state index is 12.3. The highest BCUT2D eigenvalue weighted by Gasteiger charge is 2.29. The highest BCUT2D eigenvalue weighted by atomic mass is 16.6. The fraction of sp³-hybridized carbons (Fsp3) is 0.318. The molecular weight excluding hydrogens is 388 g/mol. The number of para-hydroxylation sites is 2. The number of anilines is 1. The fourth-order valence-electron chi connectivity index (χ4n) is 2.95. The summed E-state index contributed by atoms with van der Waals surface area (Å²) in [5.41, 5.74) is 1.04. The van der Waals surface area contributed by atoms with Gasteiger partial charge in [0.1, 0.15) is 6.61 Å². The summed E-state index contributed by atoms with van der Waals surface area (Å²) in [5, 5.41) is 2.63. The van der Waals surface area contributed by atoms with E-state index in [1.807, 2.05) is 13.8 Å². The minimum absolute atomic E-state index is 0.0134. The minimum atomic E-state index is -0.932. The van der Waals surface area contributed by atoms with Crippen molar-refractivity contribution in [3.63, 3.8) is 0 Å². The molecule has 0 saturated carbocycles. The minimum Gasteiger partial charge on any atom is -0.485 e. The summed E-state index contributed by atoms with van der Waals surface area (Å²) in [6, 6.07) is 13.6. The number of amides is 2. The summed E-state index contributed by atoms with van der Waals surface area (Å²) in [6.07, 6.45) is -0.932. The van der Waals surface area contributed by atoms with Crippen LogP contribution in [0.1, 0.15) is 24.2 Å². The van der Waals surface area contributed by atoms with Gasteiger partial charge in [-0.25, -0.2) is 4.79 Å². The first kappa shape index (κ1) is 21.2. The first-order chi connectivity index (χ1) is 14.5. The number of ether oxygens (including phenoxy) is 3. The van der Waals surface area contributed by atoms with Gasteiger partial charge in [0.2, 0.25) is 6.10 Å². The van der Waals surface area contributed by atoms with E-state index in [1.54, 1.807) is 53.4 Å². The third kappa shape index (κ3) is 5.08. The Morgan fingerprint density at radius 2 is 1.70 bits per heavy atom. The van der Waals surface area contributed by atoms with E-state index < -0.39 is 24.6 Å². The molecule has 0 fully saturated rings. The zero-order chi connectivity index (χ0) is 21.5. The zero-order valence-corrected chi connectivity index (χ0v) is 16.9. The van der Waals surface area contributed by atoms with Gasteiger partial charge in [-0.15, -0.1) is 0 Å². The lowest BCUT2D eigenvalue weighted by molar-refractivity contribution is -0.156. The van der Waals surface area contributed by atoms with E-state index in [9.17, 15) is 14.4 Å². The number of nitrogens with zero attached hydrogens (tertiary/aromatic N) is 1. The third-order valence-electron chi connectivity index (χ3n) is 4.58. The van der Waals surface area contributed by atoms with Gasteiger partial charge in [0.25, 0.3) is 11.8 Å². The molecule has 2 aromatic carbocycles. The van der Waals surface area contributed by atoms with Crippen LogP contribution in [0.5, 0.6) is 11.5 Å². The van der Waals surface area contributed by atoms with Crippen molar-refractivity contribution in [2.45, 2.75) is 20.0 Å². The normalized spacial score (nSPS) is 14.5. The fourth-order valence-corrected chi connectivity index (χ4v) is 2.95. The Labute approximate surface area is 174 Å². The Morgan fingerprint density at radius 3 is 2.37 bits per heavy atom. The lowest BCUT2D eigenvalue weighted by Gasteiger charge is -2.24. The molecule has 1 aliphatic rings. The van der Waals surface area contributed by atoms with E-state index >= 15 is 0 Å². The summed E-state index contributed by atoms with van der Waals surface area (Å²) < 4.78 is 16.1. The average Bonchev–Trinajstić information content (AvgIpc) is 2.78. The van der Waals surface area contributed by atoms with Crippen molar-refractivity contribution < 1.29 is 28.6 Å². The van der Waals surface area contributed by atoms with Crippen LogP contribution in [0, 0.1) is 0 Å². The SMILES string of the molecule is CCN(CC)C(=O)c1ccc(NC(=O)COC(=O)[C@H]2COc3ccccc3O2)cc1. The number of hydrogen-bond donors (Lipinski definition) is 1. The number of hydrogen-bond acceptors (Lipinski definition) is 6. The van der Waals surface area contributed by atoms with E-state index in [2.05, 4.69) is 5.32 Å². The van der Waals surface area contributed by atoms with Gasteiger partial charge in [0.05, 0.1) is 0 Å². The summed E-state index contributed by atoms with van der Waals surface area (Å²) >= 11 is 0. The summed E-state index contributed by atoms with van der Waals surface area (Å²) in [4.78, 5) is 38.3. The molecule has 1 aliphatic heterocycles. The van der Waals surface area contributed by atoms with E-state index in [0.717, 1.165) is 0 Å². The first-order valence-electron chi connectivity index (χ1n) is 9.76. The molecule has 1 heterocycles. The van der Waals surface area contributed by atoms with Gasteiger partial charge < -0.3 is 24.4 Å². The molecule has 0 spiro atoms. The molecule has 0 aliphatic carbocycles. The largest absolute Gasteiger partial charge is 0.485 e. The maximum atomic E-state index is 12.3. The molecular formula is C22H24N2O6. The van der Waals surface area contributed by atoms with Crippen LogP contribution < -0.4 is 14.8 Å². The Morgan fingerprint density at radius 1 is 1.03 bits per heavy atom. The van der Waals surface area contributed by atoms with Crippen molar-refractivity contribution in [1.82, 2.24) is 4.90 Å². The van der Waals surface area contributed by atoms with Crippen molar-refractivity contribution in [1.29, 1.82) is 0 Å². The first-order valence-corrected chi connectivity index (χ1v) is 9.76. The van der Waals surface area contributed by atoms with Gasteiger partial charge in [-0.3, -0.25) is 9.59 Å². The summed E-state index contributed by atoms with van der Waals surface area (Å²) in [7, 11) is 0. The lowest BCUT2D eigenvalue weighted by atomic mass is 10.2. The van der Waals surface area contributed by atoms with Crippen LogP contribution in [-0.2, 0) is 14.3 Å². The highest BCUT2D eigenvalue weighted by Crippen LogP contribution is 2.31. The van der Waals surface area contributed by atoms with Gasteiger partial charge >= 0.3 is 5.97 Å². The van der Waals surface area contributed by atoms with Crippen LogP contribution >= 0.6 is 0 Å². The Balaban J connectivity index is 1.48. The predicted octanol–water partition coefficient (Wildman–Crippen LogP) is 2.49. The van der Waals surface area contributed by atoms with Crippen LogP contribution in [-0.4, -0.2) is 55.1 Å². The number of carbonyl (C=O) groups is 3. The second-order valence-corrected chi connectivity index (χ2v) is 6.57. The number of esters is 1. The molecule has 0 radical (unpaired) electrons. The second-order valence-electron chi connectivity index (χ2n) is 6.57. The van der Waals surface area contributed by atoms with E-state index in [-0.39, 0.29) is 12.5 Å². The zero-order valence-electron chi connectivity index (χ0n) is 16.9. The van der Waals surface area contributed by atoms with Gasteiger partial charge in [0, 0.05) is 24.3 Å². The topological polar surface area (TPSA) is 94.2 Å². The van der Waals surface area contributed by atoms with Crippen molar-refractivity contribution in [2.24, 2.45) is 0 Å². The van der Waals surface area contributed by atoms with Crippen LogP contribution in [0.4, 0.5) is 5.69 Å². The predicted molar refractivity (Wildman–Crippen MR) is 110 cm³/mol. The average molecular weight is 412 g/mol. The van der Waals surface area contributed by atoms with Gasteiger partial charge in [0.15, 0.2) is 18.1 Å². The third-order valence-corrected chi connectivity index (χ3v) is 4.58. The van der Waals surface area contributed by atoms with E-state index in [1.165, 1.54) is 0 Å². The van der Waals surface area contributed by atoms with Crippen LogP contribution in [0.3, 0.4) is 0 Å². The van der Waals surface area contributed by atoms with Crippen molar-refractivity contribution in [2.75, 3.05) is 31.6 Å². The van der Waals surface area contributed by atoms with Crippen molar-refractivity contribution in [3.8, 4) is 11.5 Å². The number of nitrogens with one attached hydrogen (secondary N) is 1. The molecule has 0 saturated heterocycles. The lowest BCUT2D eigenvalue weighted by Crippen LogP contribution is -2.39. The van der Waals surface area contributed by atoms with Crippen molar-refractivity contribution >= 4 is 23.5 Å². The standard InChI is InChI=1S/C22H24N2O6/c1-3-24(4-2)21(26)15-9-11-16(12-10-15)23-20(25)14-29-22(27)19-13-28-17-7-5-6-8-18(17)30-19/h5-12,19H,3-4,13-14H2,1-2H3,(H,23,25)/t19-/m1/s1. The Hall–Kier alpha value is -3.55. The van der Waals surface area contributed by atoms with Gasteiger partial charge in [-0.1, -0.05) is 12.1 Å². The second kappa shape index (κ2) is 9.78. The van der Waals surface area contributed by atoms with Crippen LogP contribution in [0.15, 0.2) is 48.5 Å². The van der Waals surface area contributed by atoms with Gasteiger partial charge in [-0.05, 0) is 50.2 Å². The molecule has 0 bridgehead atoms. The summed E-state index contributed by atoms with van der Waals surface area (Å²) in [6.45, 7) is 4.64. The smallest absolute Gasteiger partial charge is 0.351 e. The van der Waals surface area contributed by atoms with E-state index in [0.29, 0.717) is 35.8 Å². The molecule has 1 atom stereocenters. The molecule has 3 rings (SSSR count). The molecule has 2 aromatic rings. The Kier molecular flexibility index (Phi) is 6.90. The molecule has 0 aromatic heterocycles. The quantitative estimate of drug-likeness (QED) is 0.703. The molecule has 158 valence electrons. The molecule has 2 amide bonds. The molecule has 1 N–H and O–H groups in total. The number of carbonyl (C=O) groups excluding carboxylic acids is 3. The number of rotatable bonds is 7.